The highest BCUT2D eigenvalue weighted by atomic mass is 16.1. The molecule has 102 valence electrons. The molecular weight excluding hydrogens is 260 g/mol. The van der Waals surface area contributed by atoms with E-state index in [2.05, 4.69) is 10.3 Å². The van der Waals surface area contributed by atoms with Crippen LogP contribution in [0.1, 0.15) is 10.5 Å². The van der Waals surface area contributed by atoms with Crippen LogP contribution in [0.2, 0.25) is 0 Å². The zero-order valence-electron chi connectivity index (χ0n) is 11.4. The number of rotatable bonds is 3. The summed E-state index contributed by atoms with van der Waals surface area (Å²) in [4.78, 5) is 16.1. The van der Waals surface area contributed by atoms with Gasteiger partial charge < -0.3 is 5.32 Å². The van der Waals surface area contributed by atoms with Gasteiger partial charge in [0.15, 0.2) is 0 Å². The number of pyridine rings is 1. The first-order valence-electron chi connectivity index (χ1n) is 6.71. The van der Waals surface area contributed by atoms with Crippen LogP contribution in [-0.4, -0.2) is 10.9 Å². The third kappa shape index (κ3) is 3.15. The van der Waals surface area contributed by atoms with E-state index < -0.39 is 0 Å². The lowest BCUT2D eigenvalue weighted by atomic mass is 10.1. The number of nitrogens with one attached hydrogen (secondary N) is 1. The van der Waals surface area contributed by atoms with Crippen LogP contribution in [0.15, 0.2) is 79.0 Å². The zero-order chi connectivity index (χ0) is 14.5. The third-order valence-electron chi connectivity index (χ3n) is 3.13. The van der Waals surface area contributed by atoms with Gasteiger partial charge in [0.25, 0.3) is 5.91 Å². The van der Waals surface area contributed by atoms with E-state index in [1.807, 2.05) is 54.6 Å². The summed E-state index contributed by atoms with van der Waals surface area (Å²) in [7, 11) is 0. The molecule has 3 nitrogen and oxygen atoms in total. The first kappa shape index (κ1) is 13.1. The van der Waals surface area contributed by atoms with E-state index in [1.54, 1.807) is 24.4 Å². The molecular formula is C18H14N2O. The Morgan fingerprint density at radius 3 is 2.33 bits per heavy atom. The molecule has 3 heteroatoms. The minimum atomic E-state index is -0.208. The Kier molecular flexibility index (Phi) is 3.74. The summed E-state index contributed by atoms with van der Waals surface area (Å²) in [5.74, 6) is -0.208. The Morgan fingerprint density at radius 1 is 0.810 bits per heavy atom. The molecule has 0 unspecified atom stereocenters. The number of anilines is 1. The Labute approximate surface area is 123 Å². The lowest BCUT2D eigenvalue weighted by molar-refractivity contribution is 0.102. The molecule has 0 atom stereocenters. The summed E-state index contributed by atoms with van der Waals surface area (Å²) < 4.78 is 0. The molecule has 2 aromatic carbocycles. The van der Waals surface area contributed by atoms with E-state index >= 15 is 0 Å². The minimum Gasteiger partial charge on any atom is -0.321 e. The van der Waals surface area contributed by atoms with Crippen LogP contribution in [0.5, 0.6) is 0 Å². The van der Waals surface area contributed by atoms with Crippen LogP contribution in [0, 0.1) is 0 Å². The SMILES string of the molecule is O=C(Nc1cccc(-c2ccccc2)c1)c1ccccn1. The van der Waals surface area contributed by atoms with Crippen molar-refractivity contribution in [2.75, 3.05) is 5.32 Å². The van der Waals surface area contributed by atoms with Gasteiger partial charge in [-0.3, -0.25) is 9.78 Å². The summed E-state index contributed by atoms with van der Waals surface area (Å²) in [6, 6.07) is 23.1. The fourth-order valence-electron chi connectivity index (χ4n) is 2.10. The van der Waals surface area contributed by atoms with Crippen molar-refractivity contribution < 1.29 is 4.79 Å². The predicted molar refractivity (Wildman–Crippen MR) is 84.1 cm³/mol. The molecule has 0 aliphatic carbocycles. The van der Waals surface area contributed by atoms with Crippen molar-refractivity contribution in [2.24, 2.45) is 0 Å². The number of carbonyl (C=O) groups excluding carboxylic acids is 1. The van der Waals surface area contributed by atoms with Crippen LogP contribution >= 0.6 is 0 Å². The Hall–Kier alpha value is -2.94. The van der Waals surface area contributed by atoms with Gasteiger partial charge in [-0.15, -0.1) is 0 Å². The number of hydrogen-bond acceptors (Lipinski definition) is 2. The van der Waals surface area contributed by atoms with Crippen molar-refractivity contribution in [3.63, 3.8) is 0 Å². The molecule has 0 fully saturated rings. The monoisotopic (exact) mass is 274 g/mol. The van der Waals surface area contributed by atoms with Crippen molar-refractivity contribution in [1.82, 2.24) is 4.98 Å². The minimum absolute atomic E-state index is 0.208. The van der Waals surface area contributed by atoms with Gasteiger partial charge >= 0.3 is 0 Å². The van der Waals surface area contributed by atoms with Crippen molar-refractivity contribution in [2.45, 2.75) is 0 Å². The van der Waals surface area contributed by atoms with E-state index in [0.29, 0.717) is 5.69 Å². The number of nitrogens with zero attached hydrogens (tertiary/aromatic N) is 1. The van der Waals surface area contributed by atoms with Gasteiger partial charge in [0, 0.05) is 11.9 Å². The van der Waals surface area contributed by atoms with Crippen molar-refractivity contribution in [3.8, 4) is 11.1 Å². The van der Waals surface area contributed by atoms with Gasteiger partial charge in [-0.1, -0.05) is 48.5 Å². The predicted octanol–water partition coefficient (Wildman–Crippen LogP) is 4.00. The molecule has 21 heavy (non-hydrogen) atoms. The number of aromatic nitrogens is 1. The highest BCUT2D eigenvalue weighted by Crippen LogP contribution is 2.22. The molecule has 0 radical (unpaired) electrons. The molecule has 3 aromatic rings. The lowest BCUT2D eigenvalue weighted by Gasteiger charge is -2.07. The van der Waals surface area contributed by atoms with E-state index in [-0.39, 0.29) is 5.91 Å². The number of hydrogen-bond donors (Lipinski definition) is 1. The Balaban J connectivity index is 1.83. The summed E-state index contributed by atoms with van der Waals surface area (Å²) in [5, 5.41) is 2.87. The maximum atomic E-state index is 12.1. The number of benzene rings is 2. The molecule has 1 aromatic heterocycles. The molecule has 1 heterocycles. The fourth-order valence-corrected chi connectivity index (χ4v) is 2.10. The highest BCUT2D eigenvalue weighted by molar-refractivity contribution is 6.03. The van der Waals surface area contributed by atoms with Crippen LogP contribution in [0.3, 0.4) is 0 Å². The summed E-state index contributed by atoms with van der Waals surface area (Å²) >= 11 is 0. The second-order valence-electron chi connectivity index (χ2n) is 4.62. The first-order valence-corrected chi connectivity index (χ1v) is 6.71. The number of amides is 1. The standard InChI is InChI=1S/C18H14N2O/c21-18(17-11-4-5-12-19-17)20-16-10-6-9-15(13-16)14-7-2-1-3-8-14/h1-13H,(H,20,21). The van der Waals surface area contributed by atoms with Crippen molar-refractivity contribution in [1.29, 1.82) is 0 Å². The Bertz CT molecular complexity index is 739. The molecule has 3 rings (SSSR count). The van der Waals surface area contributed by atoms with Gasteiger partial charge in [-0.05, 0) is 35.4 Å². The van der Waals surface area contributed by atoms with Crippen LogP contribution in [0.25, 0.3) is 11.1 Å². The maximum absolute atomic E-state index is 12.1. The quantitative estimate of drug-likeness (QED) is 0.784. The average Bonchev–Trinajstić information content (AvgIpc) is 2.57. The van der Waals surface area contributed by atoms with Crippen LogP contribution in [-0.2, 0) is 0 Å². The molecule has 0 saturated carbocycles. The van der Waals surface area contributed by atoms with Gasteiger partial charge in [0.05, 0.1) is 0 Å². The van der Waals surface area contributed by atoms with E-state index in [1.165, 1.54) is 0 Å². The highest BCUT2D eigenvalue weighted by Gasteiger charge is 2.07. The number of carbonyl (C=O) groups is 1. The van der Waals surface area contributed by atoms with Crippen LogP contribution in [0.4, 0.5) is 5.69 Å². The summed E-state index contributed by atoms with van der Waals surface area (Å²) in [6.45, 7) is 0. The van der Waals surface area contributed by atoms with E-state index in [4.69, 9.17) is 0 Å². The smallest absolute Gasteiger partial charge is 0.274 e. The van der Waals surface area contributed by atoms with Gasteiger partial charge in [0.1, 0.15) is 5.69 Å². The second-order valence-corrected chi connectivity index (χ2v) is 4.62. The molecule has 1 amide bonds. The average molecular weight is 274 g/mol. The van der Waals surface area contributed by atoms with Gasteiger partial charge in [-0.2, -0.15) is 0 Å². The van der Waals surface area contributed by atoms with Crippen molar-refractivity contribution in [3.05, 3.63) is 84.7 Å². The molecule has 0 bridgehead atoms. The van der Waals surface area contributed by atoms with Gasteiger partial charge in [0.2, 0.25) is 0 Å². The topological polar surface area (TPSA) is 42.0 Å². The van der Waals surface area contributed by atoms with E-state index in [9.17, 15) is 4.79 Å². The second kappa shape index (κ2) is 6.01. The lowest BCUT2D eigenvalue weighted by Crippen LogP contribution is -2.13. The molecule has 0 aliphatic rings. The maximum Gasteiger partial charge on any atom is 0.274 e. The van der Waals surface area contributed by atoms with Crippen LogP contribution < -0.4 is 5.32 Å². The Morgan fingerprint density at radius 2 is 1.57 bits per heavy atom. The first-order chi connectivity index (χ1) is 10.3. The summed E-state index contributed by atoms with van der Waals surface area (Å²) in [5.41, 5.74) is 3.34. The summed E-state index contributed by atoms with van der Waals surface area (Å²) in [6.07, 6.45) is 1.61. The molecule has 1 N–H and O–H groups in total. The molecule has 0 aliphatic heterocycles. The largest absolute Gasteiger partial charge is 0.321 e. The van der Waals surface area contributed by atoms with Gasteiger partial charge in [-0.25, -0.2) is 0 Å². The molecule has 0 spiro atoms. The zero-order valence-corrected chi connectivity index (χ0v) is 11.4. The van der Waals surface area contributed by atoms with E-state index in [0.717, 1.165) is 16.8 Å². The van der Waals surface area contributed by atoms with Crippen molar-refractivity contribution >= 4 is 11.6 Å². The fraction of sp³-hybridized carbons (Fsp3) is 0. The third-order valence-corrected chi connectivity index (χ3v) is 3.13. The normalized spacial score (nSPS) is 10.1. The molecule has 0 saturated heterocycles.